The normalized spacial score (nSPS) is 27.4. The third-order valence-corrected chi connectivity index (χ3v) is 2.40. The molecular formula is C8H12BaO4. The van der Waals surface area contributed by atoms with E-state index in [9.17, 15) is 9.59 Å². The number of hydrogen-bond acceptors (Lipinski definition) is 2. The number of rotatable bonds is 2. The zero-order chi connectivity index (χ0) is 9.14. The number of aliphatic carboxylic acids is 2. The zero-order valence-corrected chi connectivity index (χ0v) is 11.8. The van der Waals surface area contributed by atoms with E-state index in [0.717, 1.165) is 12.8 Å². The second-order valence-electron chi connectivity index (χ2n) is 3.17. The van der Waals surface area contributed by atoms with Gasteiger partial charge in [-0.25, -0.2) is 0 Å². The van der Waals surface area contributed by atoms with Gasteiger partial charge in [0, 0.05) is 48.9 Å². The van der Waals surface area contributed by atoms with E-state index in [4.69, 9.17) is 10.2 Å². The third-order valence-electron chi connectivity index (χ3n) is 2.40. The predicted octanol–water partition coefficient (Wildman–Crippen LogP) is 0.581. The Labute approximate surface area is 117 Å². The molecule has 1 saturated carbocycles. The van der Waals surface area contributed by atoms with Crippen LogP contribution in [0.5, 0.6) is 0 Å². The van der Waals surface area contributed by atoms with Gasteiger partial charge < -0.3 is 10.2 Å². The number of hydrogen-bond donors (Lipinski definition) is 2. The topological polar surface area (TPSA) is 74.6 Å². The van der Waals surface area contributed by atoms with Crippen molar-refractivity contribution in [2.75, 3.05) is 0 Å². The second-order valence-corrected chi connectivity index (χ2v) is 3.17. The first kappa shape index (κ1) is 13.5. The molecule has 0 heterocycles. The molecule has 4 nitrogen and oxygen atoms in total. The molecule has 1 aliphatic rings. The van der Waals surface area contributed by atoms with Crippen molar-refractivity contribution >= 4 is 60.8 Å². The monoisotopic (exact) mass is 310 g/mol. The van der Waals surface area contributed by atoms with Crippen molar-refractivity contribution in [1.29, 1.82) is 0 Å². The van der Waals surface area contributed by atoms with Crippen LogP contribution in [0.25, 0.3) is 0 Å². The van der Waals surface area contributed by atoms with E-state index in [-0.39, 0.29) is 48.9 Å². The minimum absolute atomic E-state index is 0. The van der Waals surface area contributed by atoms with Gasteiger partial charge in [-0.2, -0.15) is 0 Å². The van der Waals surface area contributed by atoms with E-state index in [1.807, 2.05) is 0 Å². The summed E-state index contributed by atoms with van der Waals surface area (Å²) in [5.41, 5.74) is 0. The van der Waals surface area contributed by atoms with E-state index >= 15 is 0 Å². The SMILES string of the molecule is O=C(O)C1CCCCC1C(=O)O.[Ba]. The standard InChI is InChI=1S/C8H12O4.Ba/c9-7(10)5-3-1-2-4-6(5)8(11)12;/h5-6H,1-4H2,(H,9,10)(H,11,12);. The van der Waals surface area contributed by atoms with Gasteiger partial charge in [0.05, 0.1) is 11.8 Å². The zero-order valence-electron chi connectivity index (χ0n) is 7.40. The van der Waals surface area contributed by atoms with Gasteiger partial charge in [-0.3, -0.25) is 9.59 Å². The van der Waals surface area contributed by atoms with Gasteiger partial charge in [-0.15, -0.1) is 0 Å². The first-order valence-corrected chi connectivity index (χ1v) is 4.08. The third kappa shape index (κ3) is 3.63. The summed E-state index contributed by atoms with van der Waals surface area (Å²) < 4.78 is 0. The molecule has 2 unspecified atom stereocenters. The van der Waals surface area contributed by atoms with Crippen LogP contribution in [0, 0.1) is 11.8 Å². The summed E-state index contributed by atoms with van der Waals surface area (Å²) >= 11 is 0. The molecule has 0 aromatic rings. The van der Waals surface area contributed by atoms with Gasteiger partial charge in [0.15, 0.2) is 0 Å². The van der Waals surface area contributed by atoms with Gasteiger partial charge in [-0.1, -0.05) is 12.8 Å². The molecule has 2 radical (unpaired) electrons. The summed E-state index contributed by atoms with van der Waals surface area (Å²) in [7, 11) is 0. The fourth-order valence-corrected chi connectivity index (χ4v) is 1.72. The Morgan fingerprint density at radius 3 is 1.46 bits per heavy atom. The Balaban J connectivity index is 0.00000144. The maximum atomic E-state index is 10.6. The molecule has 2 N–H and O–H groups in total. The minimum Gasteiger partial charge on any atom is -0.481 e. The molecule has 70 valence electrons. The van der Waals surface area contributed by atoms with E-state index in [2.05, 4.69) is 0 Å². The van der Waals surface area contributed by atoms with Crippen molar-refractivity contribution in [1.82, 2.24) is 0 Å². The summed E-state index contributed by atoms with van der Waals surface area (Å²) in [5.74, 6) is -3.28. The summed E-state index contributed by atoms with van der Waals surface area (Å²) in [4.78, 5) is 21.2. The maximum absolute atomic E-state index is 10.6. The number of carbonyl (C=O) groups is 2. The number of carboxylic acids is 2. The van der Waals surface area contributed by atoms with Crippen LogP contribution in [0.2, 0.25) is 0 Å². The summed E-state index contributed by atoms with van der Waals surface area (Å²) in [6, 6.07) is 0. The van der Waals surface area contributed by atoms with Crippen LogP contribution in [0.1, 0.15) is 25.7 Å². The molecule has 5 heteroatoms. The van der Waals surface area contributed by atoms with Crippen molar-refractivity contribution in [3.05, 3.63) is 0 Å². The average Bonchev–Trinajstić information content (AvgIpc) is 2.04. The Morgan fingerprint density at radius 1 is 0.923 bits per heavy atom. The molecule has 2 atom stereocenters. The van der Waals surface area contributed by atoms with Crippen LogP contribution < -0.4 is 0 Å². The molecule has 0 aliphatic heterocycles. The van der Waals surface area contributed by atoms with E-state index in [0.29, 0.717) is 12.8 Å². The van der Waals surface area contributed by atoms with Crippen molar-refractivity contribution < 1.29 is 19.8 Å². The second kappa shape index (κ2) is 6.08. The Bertz CT molecular complexity index is 182. The van der Waals surface area contributed by atoms with Crippen LogP contribution >= 0.6 is 0 Å². The van der Waals surface area contributed by atoms with Crippen LogP contribution in [0.4, 0.5) is 0 Å². The molecule has 1 aliphatic carbocycles. The smallest absolute Gasteiger partial charge is 0.307 e. The van der Waals surface area contributed by atoms with Crippen LogP contribution in [0.15, 0.2) is 0 Å². The molecule has 0 bridgehead atoms. The first-order chi connectivity index (χ1) is 5.63. The first-order valence-electron chi connectivity index (χ1n) is 4.08. The Hall–Kier alpha value is 0.511. The van der Waals surface area contributed by atoms with E-state index in [1.165, 1.54) is 0 Å². The van der Waals surface area contributed by atoms with Crippen LogP contribution in [-0.4, -0.2) is 71.0 Å². The fourth-order valence-electron chi connectivity index (χ4n) is 1.72. The minimum atomic E-state index is -0.970. The molecule has 1 rings (SSSR count). The molecule has 0 aromatic heterocycles. The Kier molecular flexibility index (Phi) is 6.32. The van der Waals surface area contributed by atoms with Gasteiger partial charge in [-0.05, 0) is 12.8 Å². The van der Waals surface area contributed by atoms with E-state index < -0.39 is 23.8 Å². The molecule has 0 spiro atoms. The number of carboxylic acid groups (broad SMARTS) is 2. The average molecular weight is 310 g/mol. The fraction of sp³-hybridized carbons (Fsp3) is 0.750. The Morgan fingerprint density at radius 2 is 1.23 bits per heavy atom. The van der Waals surface area contributed by atoms with Crippen LogP contribution in [-0.2, 0) is 9.59 Å². The van der Waals surface area contributed by atoms with Gasteiger partial charge >= 0.3 is 11.9 Å². The molecule has 0 amide bonds. The molecule has 0 saturated heterocycles. The van der Waals surface area contributed by atoms with Crippen LogP contribution in [0.3, 0.4) is 0 Å². The van der Waals surface area contributed by atoms with Crippen molar-refractivity contribution in [3.63, 3.8) is 0 Å². The molecule has 0 aromatic carbocycles. The largest absolute Gasteiger partial charge is 0.481 e. The quantitative estimate of drug-likeness (QED) is 0.732. The summed E-state index contributed by atoms with van der Waals surface area (Å²) in [6.07, 6.45) is 2.68. The van der Waals surface area contributed by atoms with Crippen molar-refractivity contribution in [3.8, 4) is 0 Å². The van der Waals surface area contributed by atoms with Gasteiger partial charge in [0.25, 0.3) is 0 Å². The molecular weight excluding hydrogens is 297 g/mol. The van der Waals surface area contributed by atoms with E-state index in [1.54, 1.807) is 0 Å². The predicted molar refractivity (Wildman–Crippen MR) is 46.5 cm³/mol. The summed E-state index contributed by atoms with van der Waals surface area (Å²) in [5, 5.41) is 17.4. The molecule has 13 heavy (non-hydrogen) atoms. The maximum Gasteiger partial charge on any atom is 0.307 e. The van der Waals surface area contributed by atoms with Gasteiger partial charge in [0.1, 0.15) is 0 Å². The summed E-state index contributed by atoms with van der Waals surface area (Å²) in [6.45, 7) is 0. The molecule has 1 fully saturated rings. The van der Waals surface area contributed by atoms with Crippen molar-refractivity contribution in [2.45, 2.75) is 25.7 Å². The van der Waals surface area contributed by atoms with Gasteiger partial charge in [0.2, 0.25) is 0 Å². The van der Waals surface area contributed by atoms with Crippen molar-refractivity contribution in [2.24, 2.45) is 11.8 Å².